The summed E-state index contributed by atoms with van der Waals surface area (Å²) in [6.07, 6.45) is -4.74. The summed E-state index contributed by atoms with van der Waals surface area (Å²) in [6, 6.07) is 9.66. The molecule has 0 saturated carbocycles. The lowest BCUT2D eigenvalue weighted by molar-refractivity contribution is -0.140. The van der Waals surface area contributed by atoms with Crippen LogP contribution in [-0.4, -0.2) is 0 Å². The maximum Gasteiger partial charge on any atom is 0.419 e. The average Bonchev–Trinajstić information content (AvgIpc) is 2.33. The van der Waals surface area contributed by atoms with E-state index in [0.717, 1.165) is 12.1 Å². The van der Waals surface area contributed by atoms with Crippen molar-refractivity contribution in [2.45, 2.75) is 13.1 Å². The third-order valence-corrected chi connectivity index (χ3v) is 2.58. The summed E-state index contributed by atoms with van der Waals surface area (Å²) in [4.78, 5) is 0. The first-order chi connectivity index (χ1) is 8.89. The number of rotatable bonds is 2. The van der Waals surface area contributed by atoms with Crippen molar-refractivity contribution in [3.63, 3.8) is 0 Å². The van der Waals surface area contributed by atoms with Gasteiger partial charge in [-0.2, -0.15) is 13.2 Å². The zero-order valence-corrected chi connectivity index (χ0v) is 9.96. The van der Waals surface area contributed by atoms with Crippen molar-refractivity contribution in [3.05, 3.63) is 59.4 Å². The van der Waals surface area contributed by atoms with Gasteiger partial charge in [0.1, 0.15) is 5.75 Å². The Bertz CT molecular complexity index is 590. The third-order valence-electron chi connectivity index (χ3n) is 2.58. The Kier molecular flexibility index (Phi) is 3.46. The van der Waals surface area contributed by atoms with E-state index in [-0.39, 0.29) is 0 Å². The molecule has 0 unspecified atom stereocenters. The minimum Gasteiger partial charge on any atom is -0.454 e. The SMILES string of the molecule is Cc1ccccc1Oc1cccc(C(F)(F)F)c1F. The van der Waals surface area contributed by atoms with E-state index >= 15 is 0 Å². The molecule has 5 heteroatoms. The molecule has 0 radical (unpaired) electrons. The highest BCUT2D eigenvalue weighted by molar-refractivity contribution is 5.39. The van der Waals surface area contributed by atoms with Gasteiger partial charge in [-0.1, -0.05) is 24.3 Å². The fourth-order valence-corrected chi connectivity index (χ4v) is 1.60. The fraction of sp³-hybridized carbons (Fsp3) is 0.143. The Hall–Kier alpha value is -2.04. The van der Waals surface area contributed by atoms with Crippen LogP contribution >= 0.6 is 0 Å². The molecule has 2 aromatic rings. The minimum atomic E-state index is -4.74. The van der Waals surface area contributed by atoms with Crippen LogP contribution in [0.1, 0.15) is 11.1 Å². The van der Waals surface area contributed by atoms with Gasteiger partial charge in [0.25, 0.3) is 0 Å². The summed E-state index contributed by atoms with van der Waals surface area (Å²) in [5.41, 5.74) is -0.627. The number of hydrogen-bond donors (Lipinski definition) is 0. The number of hydrogen-bond acceptors (Lipinski definition) is 1. The van der Waals surface area contributed by atoms with Gasteiger partial charge < -0.3 is 4.74 Å². The van der Waals surface area contributed by atoms with E-state index in [1.165, 1.54) is 0 Å². The predicted molar refractivity (Wildman–Crippen MR) is 62.7 cm³/mol. The lowest BCUT2D eigenvalue weighted by Crippen LogP contribution is -2.08. The molecule has 1 nitrogen and oxygen atoms in total. The molecule has 0 saturated heterocycles. The number of ether oxygens (including phenoxy) is 1. The molecule has 0 aromatic heterocycles. The van der Waals surface area contributed by atoms with Gasteiger partial charge in [0.05, 0.1) is 5.56 Å². The normalized spacial score (nSPS) is 11.4. The summed E-state index contributed by atoms with van der Waals surface area (Å²) < 4.78 is 56.6. The molecule has 0 aliphatic rings. The van der Waals surface area contributed by atoms with Gasteiger partial charge >= 0.3 is 6.18 Å². The molecule has 0 heterocycles. The molecular weight excluding hydrogens is 260 g/mol. The van der Waals surface area contributed by atoms with E-state index in [4.69, 9.17) is 4.74 Å². The number of benzene rings is 2. The van der Waals surface area contributed by atoms with Crippen molar-refractivity contribution in [1.29, 1.82) is 0 Å². The number of halogens is 4. The Morgan fingerprint density at radius 2 is 1.53 bits per heavy atom. The van der Waals surface area contributed by atoms with Crippen molar-refractivity contribution in [3.8, 4) is 11.5 Å². The monoisotopic (exact) mass is 270 g/mol. The standard InChI is InChI=1S/C14H10F4O/c1-9-5-2-3-7-11(9)19-12-8-4-6-10(13(12)15)14(16,17)18/h2-8H,1H3. The van der Waals surface area contributed by atoms with Crippen LogP contribution in [0.15, 0.2) is 42.5 Å². The van der Waals surface area contributed by atoms with Crippen LogP contribution < -0.4 is 4.74 Å². The quantitative estimate of drug-likeness (QED) is 0.702. The smallest absolute Gasteiger partial charge is 0.419 e. The van der Waals surface area contributed by atoms with Gasteiger partial charge in [0, 0.05) is 0 Å². The number of alkyl halides is 3. The first-order valence-electron chi connectivity index (χ1n) is 5.49. The molecule has 2 aromatic carbocycles. The van der Waals surface area contributed by atoms with Crippen LogP contribution in [0.3, 0.4) is 0 Å². The van der Waals surface area contributed by atoms with E-state index < -0.39 is 23.3 Å². The van der Waals surface area contributed by atoms with E-state index in [2.05, 4.69) is 0 Å². The van der Waals surface area contributed by atoms with Gasteiger partial charge in [-0.05, 0) is 30.7 Å². The van der Waals surface area contributed by atoms with Gasteiger partial charge in [-0.3, -0.25) is 0 Å². The minimum absolute atomic E-state index is 0.320. The molecule has 100 valence electrons. The molecule has 19 heavy (non-hydrogen) atoms. The van der Waals surface area contributed by atoms with Crippen molar-refractivity contribution in [1.82, 2.24) is 0 Å². The highest BCUT2D eigenvalue weighted by atomic mass is 19.4. The van der Waals surface area contributed by atoms with Crippen LogP contribution in [0.2, 0.25) is 0 Å². The highest BCUT2D eigenvalue weighted by Crippen LogP contribution is 2.36. The molecule has 2 rings (SSSR count). The largest absolute Gasteiger partial charge is 0.454 e. The zero-order valence-electron chi connectivity index (χ0n) is 9.96. The molecule has 0 fully saturated rings. The predicted octanol–water partition coefficient (Wildman–Crippen LogP) is 4.95. The van der Waals surface area contributed by atoms with E-state index in [9.17, 15) is 17.6 Å². The molecule has 0 amide bonds. The highest BCUT2D eigenvalue weighted by Gasteiger charge is 2.35. The van der Waals surface area contributed by atoms with Gasteiger partial charge in [-0.25, -0.2) is 4.39 Å². The Morgan fingerprint density at radius 1 is 0.895 bits per heavy atom. The van der Waals surface area contributed by atoms with Gasteiger partial charge in [0.15, 0.2) is 11.6 Å². The van der Waals surface area contributed by atoms with Crippen LogP contribution in [0, 0.1) is 12.7 Å². The summed E-state index contributed by atoms with van der Waals surface area (Å²) >= 11 is 0. The number of aryl methyl sites for hydroxylation is 1. The van der Waals surface area contributed by atoms with Crippen LogP contribution in [-0.2, 0) is 6.18 Å². The average molecular weight is 270 g/mol. The summed E-state index contributed by atoms with van der Waals surface area (Å²) in [5, 5.41) is 0. The van der Waals surface area contributed by atoms with Crippen LogP contribution in [0.25, 0.3) is 0 Å². The Morgan fingerprint density at radius 3 is 2.16 bits per heavy atom. The maximum atomic E-state index is 13.7. The van der Waals surface area contributed by atoms with Gasteiger partial charge in [-0.15, -0.1) is 0 Å². The summed E-state index contributed by atoms with van der Waals surface area (Å²) in [6.45, 7) is 1.72. The second-order valence-electron chi connectivity index (χ2n) is 3.98. The first kappa shape index (κ1) is 13.4. The van der Waals surface area contributed by atoms with E-state index in [1.807, 2.05) is 0 Å². The Balaban J connectivity index is 2.40. The molecule has 0 atom stereocenters. The lowest BCUT2D eigenvalue weighted by Gasteiger charge is -2.13. The maximum absolute atomic E-state index is 13.7. The number of para-hydroxylation sites is 1. The van der Waals surface area contributed by atoms with Gasteiger partial charge in [0.2, 0.25) is 0 Å². The Labute approximate surface area is 107 Å². The van der Waals surface area contributed by atoms with Crippen molar-refractivity contribution in [2.75, 3.05) is 0 Å². The molecule has 0 spiro atoms. The van der Waals surface area contributed by atoms with Crippen molar-refractivity contribution >= 4 is 0 Å². The summed E-state index contributed by atoms with van der Waals surface area (Å²) in [7, 11) is 0. The topological polar surface area (TPSA) is 9.23 Å². The first-order valence-corrected chi connectivity index (χ1v) is 5.49. The molecule has 0 bridgehead atoms. The lowest BCUT2D eigenvalue weighted by atomic mass is 10.2. The molecule has 0 N–H and O–H groups in total. The zero-order chi connectivity index (χ0) is 14.0. The van der Waals surface area contributed by atoms with E-state index in [1.54, 1.807) is 31.2 Å². The van der Waals surface area contributed by atoms with Crippen molar-refractivity contribution in [2.24, 2.45) is 0 Å². The summed E-state index contributed by atoms with van der Waals surface area (Å²) in [5.74, 6) is -1.52. The molecular formula is C14H10F4O. The van der Waals surface area contributed by atoms with E-state index in [0.29, 0.717) is 17.4 Å². The second-order valence-corrected chi connectivity index (χ2v) is 3.98. The van der Waals surface area contributed by atoms with Crippen molar-refractivity contribution < 1.29 is 22.3 Å². The molecule has 0 aliphatic carbocycles. The molecule has 0 aliphatic heterocycles. The third kappa shape index (κ3) is 2.86. The van der Waals surface area contributed by atoms with Crippen LogP contribution in [0.4, 0.5) is 17.6 Å². The second kappa shape index (κ2) is 4.91. The van der Waals surface area contributed by atoms with Crippen LogP contribution in [0.5, 0.6) is 11.5 Å². The fourth-order valence-electron chi connectivity index (χ4n) is 1.60.